The number of carbonyl (C=O) groups is 1. The molecule has 5 nitrogen and oxygen atoms in total. The van der Waals surface area contributed by atoms with Crippen LogP contribution in [0.1, 0.15) is 17.0 Å². The summed E-state index contributed by atoms with van der Waals surface area (Å²) in [4.78, 5) is 12.2. The predicted molar refractivity (Wildman–Crippen MR) is 108 cm³/mol. The summed E-state index contributed by atoms with van der Waals surface area (Å²) in [6, 6.07) is 14.4. The summed E-state index contributed by atoms with van der Waals surface area (Å²) in [5, 5.41) is 7.70. The Morgan fingerprint density at radius 1 is 1.15 bits per heavy atom. The maximum absolute atomic E-state index is 12.2. The lowest BCUT2D eigenvalue weighted by Crippen LogP contribution is -2.07. The first kappa shape index (κ1) is 18.7. The highest BCUT2D eigenvalue weighted by molar-refractivity contribution is 6.32. The lowest BCUT2D eigenvalue weighted by molar-refractivity contribution is -0.111. The molecule has 0 unspecified atom stereocenters. The third-order valence-corrected chi connectivity index (χ3v) is 4.46. The molecular formula is C21H20ClN3O2. The number of benzene rings is 2. The molecule has 0 atom stereocenters. The first-order valence-corrected chi connectivity index (χ1v) is 8.83. The van der Waals surface area contributed by atoms with Crippen LogP contribution in [0.15, 0.2) is 54.6 Å². The smallest absolute Gasteiger partial charge is 0.248 e. The summed E-state index contributed by atoms with van der Waals surface area (Å²) in [6.07, 6.45) is 3.28. The molecule has 1 heterocycles. The molecule has 1 amide bonds. The number of anilines is 1. The average Bonchev–Trinajstić information content (AvgIpc) is 2.89. The Morgan fingerprint density at radius 2 is 1.85 bits per heavy atom. The quantitative estimate of drug-likeness (QED) is 0.623. The molecular weight excluding hydrogens is 362 g/mol. The average molecular weight is 382 g/mol. The zero-order valence-electron chi connectivity index (χ0n) is 15.4. The second-order valence-corrected chi connectivity index (χ2v) is 6.49. The Morgan fingerprint density at radius 3 is 2.48 bits per heavy atom. The summed E-state index contributed by atoms with van der Waals surface area (Å²) < 4.78 is 7.53. The van der Waals surface area contributed by atoms with E-state index in [9.17, 15) is 4.79 Å². The van der Waals surface area contributed by atoms with Gasteiger partial charge in [-0.05, 0) is 56.3 Å². The van der Waals surface area contributed by atoms with Crippen molar-refractivity contribution in [3.63, 3.8) is 0 Å². The molecule has 1 N–H and O–H groups in total. The molecule has 138 valence electrons. The minimum Gasteiger partial charge on any atom is -0.456 e. The number of amides is 1. The molecule has 3 aromatic rings. The van der Waals surface area contributed by atoms with Gasteiger partial charge < -0.3 is 10.1 Å². The van der Waals surface area contributed by atoms with Crippen LogP contribution in [-0.2, 0) is 11.8 Å². The van der Waals surface area contributed by atoms with Crippen LogP contribution >= 0.6 is 11.6 Å². The van der Waals surface area contributed by atoms with Crippen molar-refractivity contribution >= 4 is 29.3 Å². The number of aryl methyl sites for hydroxylation is 2. The van der Waals surface area contributed by atoms with Gasteiger partial charge in [0, 0.05) is 30.1 Å². The van der Waals surface area contributed by atoms with Crippen molar-refractivity contribution in [2.75, 3.05) is 5.32 Å². The fourth-order valence-corrected chi connectivity index (χ4v) is 2.81. The van der Waals surface area contributed by atoms with Gasteiger partial charge in [-0.1, -0.05) is 23.7 Å². The number of nitrogens with zero attached hydrogens (tertiary/aromatic N) is 2. The number of halogens is 1. The van der Waals surface area contributed by atoms with Gasteiger partial charge in [-0.15, -0.1) is 0 Å². The van der Waals surface area contributed by atoms with Gasteiger partial charge in [0.25, 0.3) is 0 Å². The highest BCUT2D eigenvalue weighted by Gasteiger charge is 2.07. The van der Waals surface area contributed by atoms with Crippen LogP contribution < -0.4 is 10.1 Å². The number of nitrogens with one attached hydrogen (secondary N) is 1. The highest BCUT2D eigenvalue weighted by Crippen LogP contribution is 2.29. The standard InChI is InChI=1S/C21H20ClN3O2/c1-14-18(15(2)25(3)24-14)12-13-21(26)23-16-8-10-17(11-9-16)27-20-7-5-4-6-19(20)22/h4-13H,1-3H3,(H,23,26)/b13-12+. The van der Waals surface area contributed by atoms with Crippen molar-refractivity contribution < 1.29 is 9.53 Å². The number of ether oxygens (including phenoxy) is 1. The first-order valence-electron chi connectivity index (χ1n) is 8.46. The van der Waals surface area contributed by atoms with Crippen molar-refractivity contribution in [3.8, 4) is 11.5 Å². The van der Waals surface area contributed by atoms with E-state index < -0.39 is 0 Å². The predicted octanol–water partition coefficient (Wildman–Crippen LogP) is 5.13. The van der Waals surface area contributed by atoms with Crippen LogP contribution in [-0.4, -0.2) is 15.7 Å². The Labute approximate surface area is 163 Å². The van der Waals surface area contributed by atoms with E-state index >= 15 is 0 Å². The molecule has 0 saturated carbocycles. The molecule has 3 rings (SSSR count). The lowest BCUT2D eigenvalue weighted by atomic mass is 10.2. The van der Waals surface area contributed by atoms with E-state index in [0.717, 1.165) is 17.0 Å². The minimum absolute atomic E-state index is 0.211. The molecule has 0 fully saturated rings. The summed E-state index contributed by atoms with van der Waals surface area (Å²) >= 11 is 6.09. The van der Waals surface area contributed by atoms with Crippen LogP contribution in [0.2, 0.25) is 5.02 Å². The molecule has 0 radical (unpaired) electrons. The molecule has 1 aromatic heterocycles. The SMILES string of the molecule is Cc1nn(C)c(C)c1/C=C/C(=O)Nc1ccc(Oc2ccccc2Cl)cc1. The van der Waals surface area contributed by atoms with Gasteiger partial charge >= 0.3 is 0 Å². The summed E-state index contributed by atoms with van der Waals surface area (Å²) in [5.41, 5.74) is 3.53. The second kappa shape index (κ2) is 8.10. The van der Waals surface area contributed by atoms with Crippen LogP contribution in [0, 0.1) is 13.8 Å². The molecule has 0 aliphatic rings. The van der Waals surface area contributed by atoms with E-state index in [4.69, 9.17) is 16.3 Å². The van der Waals surface area contributed by atoms with Crippen LogP contribution in [0.4, 0.5) is 5.69 Å². The summed E-state index contributed by atoms with van der Waals surface area (Å²) in [6.45, 7) is 3.89. The van der Waals surface area contributed by atoms with Gasteiger partial charge in [-0.3, -0.25) is 9.48 Å². The number of carbonyl (C=O) groups excluding carboxylic acids is 1. The summed E-state index contributed by atoms with van der Waals surface area (Å²) in [7, 11) is 1.88. The van der Waals surface area contributed by atoms with Gasteiger partial charge in [0.2, 0.25) is 5.91 Å². The topological polar surface area (TPSA) is 56.2 Å². The second-order valence-electron chi connectivity index (χ2n) is 6.09. The van der Waals surface area contributed by atoms with E-state index in [-0.39, 0.29) is 5.91 Å². The van der Waals surface area contributed by atoms with Crippen LogP contribution in [0.25, 0.3) is 6.08 Å². The monoisotopic (exact) mass is 381 g/mol. The fraction of sp³-hybridized carbons (Fsp3) is 0.143. The maximum Gasteiger partial charge on any atom is 0.248 e. The van der Waals surface area contributed by atoms with E-state index in [0.29, 0.717) is 22.2 Å². The Bertz CT molecular complexity index is 991. The van der Waals surface area contributed by atoms with Crippen molar-refractivity contribution in [1.29, 1.82) is 0 Å². The zero-order chi connectivity index (χ0) is 19.4. The van der Waals surface area contributed by atoms with Crippen molar-refractivity contribution in [2.45, 2.75) is 13.8 Å². The number of para-hydroxylation sites is 1. The maximum atomic E-state index is 12.2. The van der Waals surface area contributed by atoms with E-state index in [1.165, 1.54) is 6.08 Å². The van der Waals surface area contributed by atoms with Gasteiger partial charge in [0.05, 0.1) is 10.7 Å². The van der Waals surface area contributed by atoms with E-state index in [2.05, 4.69) is 10.4 Å². The van der Waals surface area contributed by atoms with Crippen LogP contribution in [0.3, 0.4) is 0 Å². The largest absolute Gasteiger partial charge is 0.456 e. The molecule has 0 spiro atoms. The number of rotatable bonds is 5. The van der Waals surface area contributed by atoms with E-state index in [1.54, 1.807) is 47.2 Å². The third-order valence-electron chi connectivity index (χ3n) is 4.15. The van der Waals surface area contributed by atoms with Gasteiger partial charge in [-0.2, -0.15) is 5.10 Å². The molecule has 0 aliphatic carbocycles. The van der Waals surface area contributed by atoms with E-state index in [1.807, 2.05) is 33.0 Å². The number of aromatic nitrogens is 2. The molecule has 27 heavy (non-hydrogen) atoms. The highest BCUT2D eigenvalue weighted by atomic mass is 35.5. The minimum atomic E-state index is -0.211. The Kier molecular flexibility index (Phi) is 5.62. The zero-order valence-corrected chi connectivity index (χ0v) is 16.1. The normalized spacial score (nSPS) is 11.0. The number of hydrogen-bond acceptors (Lipinski definition) is 3. The summed E-state index contributed by atoms with van der Waals surface area (Å²) in [5.74, 6) is 1.01. The molecule has 2 aromatic carbocycles. The first-order chi connectivity index (χ1) is 12.9. The van der Waals surface area contributed by atoms with Gasteiger partial charge in [-0.25, -0.2) is 0 Å². The van der Waals surface area contributed by atoms with Gasteiger partial charge in [0.1, 0.15) is 11.5 Å². The molecule has 0 aliphatic heterocycles. The van der Waals surface area contributed by atoms with Crippen molar-refractivity contribution in [2.24, 2.45) is 7.05 Å². The van der Waals surface area contributed by atoms with Crippen molar-refractivity contribution in [1.82, 2.24) is 9.78 Å². The Balaban J connectivity index is 1.63. The molecule has 0 saturated heterocycles. The lowest BCUT2D eigenvalue weighted by Gasteiger charge is -2.08. The fourth-order valence-electron chi connectivity index (χ4n) is 2.63. The molecule has 6 heteroatoms. The number of hydrogen-bond donors (Lipinski definition) is 1. The Hall–Kier alpha value is -3.05. The third kappa shape index (κ3) is 4.57. The van der Waals surface area contributed by atoms with Crippen molar-refractivity contribution in [3.05, 3.63) is 76.6 Å². The van der Waals surface area contributed by atoms with Crippen LogP contribution in [0.5, 0.6) is 11.5 Å². The van der Waals surface area contributed by atoms with Gasteiger partial charge in [0.15, 0.2) is 0 Å². The molecule has 0 bridgehead atoms.